The van der Waals surface area contributed by atoms with Crippen LogP contribution in [-0.4, -0.2) is 34.3 Å². The van der Waals surface area contributed by atoms with Crippen molar-refractivity contribution in [3.63, 3.8) is 0 Å². The minimum absolute atomic E-state index is 0.0690. The van der Waals surface area contributed by atoms with Gasteiger partial charge >= 0.3 is 11.9 Å². The molecule has 2 heterocycles. The van der Waals surface area contributed by atoms with E-state index in [1.165, 1.54) is 0 Å². The second kappa shape index (κ2) is 12.2. The summed E-state index contributed by atoms with van der Waals surface area (Å²) in [5.41, 5.74) is 5.72. The fourth-order valence-corrected chi connectivity index (χ4v) is 4.39. The van der Waals surface area contributed by atoms with Crippen molar-refractivity contribution in [2.75, 3.05) is 6.61 Å². The molecule has 0 spiro atoms. The molecule has 3 aromatic carbocycles. The normalized spacial score (nSPS) is 10.8. The van der Waals surface area contributed by atoms with Crippen LogP contribution in [0.2, 0.25) is 0 Å². The van der Waals surface area contributed by atoms with Crippen LogP contribution in [0.4, 0.5) is 0 Å². The number of hydrogen-bond donors (Lipinski definition) is 1. The Hall–Kier alpha value is -5.04. The number of nitrogens with zero attached hydrogens (tertiary/aromatic N) is 1. The van der Waals surface area contributed by atoms with Gasteiger partial charge in [0.25, 0.3) is 0 Å². The van der Waals surface area contributed by atoms with E-state index < -0.39 is 5.97 Å². The van der Waals surface area contributed by atoms with Crippen LogP contribution in [0.3, 0.4) is 0 Å². The summed E-state index contributed by atoms with van der Waals surface area (Å²) in [7, 11) is 0. The number of ketones is 1. The highest BCUT2D eigenvalue weighted by molar-refractivity contribution is 5.97. The van der Waals surface area contributed by atoms with Crippen molar-refractivity contribution in [3.8, 4) is 11.1 Å². The summed E-state index contributed by atoms with van der Waals surface area (Å²) >= 11 is 0. The Labute approximate surface area is 231 Å². The highest BCUT2D eigenvalue weighted by atomic mass is 16.5. The first-order valence-corrected chi connectivity index (χ1v) is 13.1. The first-order valence-electron chi connectivity index (χ1n) is 13.1. The van der Waals surface area contributed by atoms with Crippen molar-refractivity contribution in [2.45, 2.75) is 26.4 Å². The molecule has 0 saturated heterocycles. The van der Waals surface area contributed by atoms with Crippen LogP contribution < -0.4 is 0 Å². The number of carbonyl (C=O) groups is 3. The van der Waals surface area contributed by atoms with E-state index in [2.05, 4.69) is 9.97 Å². The number of nitrogens with one attached hydrogen (secondary N) is 1. The molecule has 0 bridgehead atoms. The number of rotatable bonds is 10. The number of aromatic amines is 1. The van der Waals surface area contributed by atoms with Gasteiger partial charge in [0.2, 0.25) is 0 Å². The molecule has 0 fully saturated rings. The topological polar surface area (TPSA) is 98.3 Å². The molecule has 40 heavy (non-hydrogen) atoms. The summed E-state index contributed by atoms with van der Waals surface area (Å²) in [6, 6.07) is 27.8. The standard InChI is InChI=1S/C33H28N2O5/c1-2-39-33(38)30-20-27-18-25(13-14-28(27)35-30)26-16-17-34-29(19-26)31(36)15-10-22-8-11-24(12-9-22)32(37)40-21-23-6-4-3-5-7-23/h3-9,11-14,16-20,35H,2,10,15,21H2,1H3. The number of hydrogen-bond acceptors (Lipinski definition) is 6. The van der Waals surface area contributed by atoms with Crippen molar-refractivity contribution < 1.29 is 23.9 Å². The van der Waals surface area contributed by atoms with E-state index >= 15 is 0 Å². The highest BCUT2D eigenvalue weighted by Gasteiger charge is 2.13. The molecule has 2 aromatic heterocycles. The predicted molar refractivity (Wildman–Crippen MR) is 152 cm³/mol. The summed E-state index contributed by atoms with van der Waals surface area (Å²) in [4.78, 5) is 44.7. The Morgan fingerprint density at radius 3 is 2.33 bits per heavy atom. The zero-order valence-corrected chi connectivity index (χ0v) is 22.1. The monoisotopic (exact) mass is 532 g/mol. The molecular weight excluding hydrogens is 504 g/mol. The number of carbonyl (C=O) groups excluding carboxylic acids is 3. The lowest BCUT2D eigenvalue weighted by Crippen LogP contribution is -2.06. The van der Waals surface area contributed by atoms with Crippen LogP contribution in [0.1, 0.15) is 55.8 Å². The molecule has 200 valence electrons. The Bertz CT molecular complexity index is 1660. The third kappa shape index (κ3) is 6.32. The van der Waals surface area contributed by atoms with Gasteiger partial charge in [-0.15, -0.1) is 0 Å². The van der Waals surface area contributed by atoms with Gasteiger partial charge in [-0.1, -0.05) is 48.5 Å². The number of esters is 2. The third-order valence-corrected chi connectivity index (χ3v) is 6.54. The van der Waals surface area contributed by atoms with Gasteiger partial charge in [0.1, 0.15) is 18.0 Å². The Morgan fingerprint density at radius 2 is 1.55 bits per heavy atom. The maximum atomic E-state index is 13.0. The molecular formula is C33H28N2O5. The summed E-state index contributed by atoms with van der Waals surface area (Å²) < 4.78 is 10.5. The van der Waals surface area contributed by atoms with Gasteiger partial charge in [-0.2, -0.15) is 0 Å². The van der Waals surface area contributed by atoms with Crippen LogP contribution >= 0.6 is 0 Å². The molecule has 0 atom stereocenters. The molecule has 7 heteroatoms. The van der Waals surface area contributed by atoms with Crippen molar-refractivity contribution in [1.82, 2.24) is 9.97 Å². The second-order valence-corrected chi connectivity index (χ2v) is 9.32. The van der Waals surface area contributed by atoms with Crippen LogP contribution in [0, 0.1) is 0 Å². The minimum Gasteiger partial charge on any atom is -0.461 e. The van der Waals surface area contributed by atoms with Gasteiger partial charge in [-0.25, -0.2) is 9.59 Å². The average Bonchev–Trinajstić information content (AvgIpc) is 3.43. The lowest BCUT2D eigenvalue weighted by molar-refractivity contribution is 0.0471. The first-order chi connectivity index (χ1) is 19.5. The maximum absolute atomic E-state index is 13.0. The predicted octanol–water partition coefficient (Wildman–Crippen LogP) is 6.58. The number of ether oxygens (including phenoxy) is 2. The van der Waals surface area contributed by atoms with E-state index in [1.54, 1.807) is 37.4 Å². The minimum atomic E-state index is -0.394. The molecule has 0 aliphatic rings. The second-order valence-electron chi connectivity index (χ2n) is 9.32. The molecule has 1 N–H and O–H groups in total. The largest absolute Gasteiger partial charge is 0.461 e. The smallest absolute Gasteiger partial charge is 0.354 e. The summed E-state index contributed by atoms with van der Waals surface area (Å²) in [6.07, 6.45) is 2.44. The first kappa shape index (κ1) is 26.6. The zero-order chi connectivity index (χ0) is 27.9. The van der Waals surface area contributed by atoms with E-state index in [0.29, 0.717) is 30.0 Å². The van der Waals surface area contributed by atoms with Gasteiger partial charge in [-0.05, 0) is 78.1 Å². The van der Waals surface area contributed by atoms with Crippen molar-refractivity contribution >= 4 is 28.6 Å². The van der Waals surface area contributed by atoms with Crippen molar-refractivity contribution in [1.29, 1.82) is 0 Å². The van der Waals surface area contributed by atoms with Crippen LogP contribution in [0.25, 0.3) is 22.0 Å². The number of H-pyrrole nitrogens is 1. The van der Waals surface area contributed by atoms with Crippen LogP contribution in [0.15, 0.2) is 97.2 Å². The van der Waals surface area contributed by atoms with Gasteiger partial charge in [0, 0.05) is 23.5 Å². The molecule has 0 aliphatic carbocycles. The van der Waals surface area contributed by atoms with E-state index in [-0.39, 0.29) is 24.8 Å². The van der Waals surface area contributed by atoms with Gasteiger partial charge in [0.05, 0.1) is 12.2 Å². The zero-order valence-electron chi connectivity index (χ0n) is 22.1. The summed E-state index contributed by atoms with van der Waals surface area (Å²) in [5, 5.41) is 0.873. The Morgan fingerprint density at radius 1 is 0.775 bits per heavy atom. The fourth-order valence-electron chi connectivity index (χ4n) is 4.39. The SMILES string of the molecule is CCOC(=O)c1cc2cc(-c3ccnc(C(=O)CCc4ccc(C(=O)OCc5ccccc5)cc4)c3)ccc2[nH]1. The maximum Gasteiger partial charge on any atom is 0.354 e. The Kier molecular flexibility index (Phi) is 8.11. The van der Waals surface area contributed by atoms with E-state index in [9.17, 15) is 14.4 Å². The van der Waals surface area contributed by atoms with Crippen molar-refractivity contribution in [2.24, 2.45) is 0 Å². The number of aromatic nitrogens is 2. The number of benzene rings is 3. The highest BCUT2D eigenvalue weighted by Crippen LogP contribution is 2.26. The molecule has 0 unspecified atom stereocenters. The lowest BCUT2D eigenvalue weighted by Gasteiger charge is -2.07. The quantitative estimate of drug-likeness (QED) is 0.161. The number of pyridine rings is 1. The van der Waals surface area contributed by atoms with Gasteiger partial charge in [0.15, 0.2) is 5.78 Å². The van der Waals surface area contributed by atoms with E-state index in [4.69, 9.17) is 9.47 Å². The molecule has 5 rings (SSSR count). The van der Waals surface area contributed by atoms with Gasteiger partial charge in [-0.3, -0.25) is 9.78 Å². The molecule has 0 amide bonds. The third-order valence-electron chi connectivity index (χ3n) is 6.54. The summed E-state index contributed by atoms with van der Waals surface area (Å²) in [6.45, 7) is 2.29. The number of aryl methyl sites for hydroxylation is 1. The summed E-state index contributed by atoms with van der Waals surface area (Å²) in [5.74, 6) is -0.849. The molecule has 0 radical (unpaired) electrons. The van der Waals surface area contributed by atoms with E-state index in [0.717, 1.165) is 33.2 Å². The lowest BCUT2D eigenvalue weighted by atomic mass is 10.0. The van der Waals surface area contributed by atoms with E-state index in [1.807, 2.05) is 66.7 Å². The molecule has 0 saturated carbocycles. The molecule has 5 aromatic rings. The number of fused-ring (bicyclic) bond motifs is 1. The fraction of sp³-hybridized carbons (Fsp3) is 0.152. The molecule has 0 aliphatic heterocycles. The van der Waals surface area contributed by atoms with Crippen LogP contribution in [0.5, 0.6) is 0 Å². The van der Waals surface area contributed by atoms with Crippen molar-refractivity contribution in [3.05, 3.63) is 125 Å². The number of Topliss-reactive ketones (excluding diaryl/α,β-unsaturated/α-hetero) is 1. The molecule has 7 nitrogen and oxygen atoms in total. The average molecular weight is 533 g/mol. The van der Waals surface area contributed by atoms with Crippen LogP contribution in [-0.2, 0) is 22.5 Å². The Balaban J connectivity index is 1.20. The van der Waals surface area contributed by atoms with Gasteiger partial charge < -0.3 is 14.5 Å².